The molecule has 0 aliphatic carbocycles. The van der Waals surface area contributed by atoms with E-state index < -0.39 is 61.9 Å². The molecule has 21 nitrogen and oxygen atoms in total. The van der Waals surface area contributed by atoms with E-state index in [0.29, 0.717) is 0 Å². The first-order valence-corrected chi connectivity index (χ1v) is 14.8. The predicted octanol–water partition coefficient (Wildman–Crippen LogP) is -1.19. The Hall–Kier alpha value is -1.37. The van der Waals surface area contributed by atoms with E-state index >= 15 is 0 Å². The van der Waals surface area contributed by atoms with Crippen LogP contribution >= 0.6 is 31.3 Å². The lowest BCUT2D eigenvalue weighted by atomic mass is 10.2. The maximum Gasteiger partial charge on any atom is 0.490 e. The Kier molecular flexibility index (Phi) is 7.92. The molecule has 1 saturated heterocycles. The van der Waals surface area contributed by atoms with Crippen LogP contribution in [0.3, 0.4) is 0 Å². The maximum atomic E-state index is 11.9. The molecule has 9 N–H and O–H groups in total. The normalized spacial score (nSPS) is 24.9. The number of nitrogen functional groups attached to an aromatic ring is 1. The van der Waals surface area contributed by atoms with Crippen molar-refractivity contribution >= 4 is 48.4 Å². The number of aromatic amines is 1. The molecule has 2 aromatic heterocycles. The highest BCUT2D eigenvalue weighted by atomic mass is 31.3. The number of phosphoric ester groups is 2. The molecule has 0 amide bonds. The van der Waals surface area contributed by atoms with Gasteiger partial charge in [-0.05, 0) is 0 Å². The number of fused-ring (bicyclic) bond motifs is 1. The van der Waals surface area contributed by atoms with Gasteiger partial charge in [0, 0.05) is 6.42 Å². The van der Waals surface area contributed by atoms with E-state index in [4.69, 9.17) is 30.0 Å². The largest absolute Gasteiger partial charge is 0.490 e. The molecule has 2 aromatic rings. The summed E-state index contributed by atoms with van der Waals surface area (Å²) in [5, 5.41) is 0. The zero-order valence-electron chi connectivity index (χ0n) is 16.7. The number of hydrogen-bond donors (Lipinski definition) is 8. The first-order valence-electron chi connectivity index (χ1n) is 8.74. The average molecular weight is 587 g/mol. The van der Waals surface area contributed by atoms with E-state index in [1.807, 2.05) is 0 Å². The minimum absolute atomic E-state index is 0.0836. The van der Waals surface area contributed by atoms with E-state index in [1.54, 1.807) is 0 Å². The molecule has 1 aliphatic rings. The van der Waals surface area contributed by atoms with Gasteiger partial charge >= 0.3 is 31.3 Å². The van der Waals surface area contributed by atoms with Gasteiger partial charge in [0.15, 0.2) is 11.2 Å². The zero-order valence-corrected chi connectivity index (χ0v) is 20.3. The molecule has 198 valence electrons. The Morgan fingerprint density at radius 1 is 1.09 bits per heavy atom. The molecule has 3 heterocycles. The fourth-order valence-electron chi connectivity index (χ4n) is 2.93. The van der Waals surface area contributed by atoms with Crippen LogP contribution in [-0.4, -0.2) is 67.7 Å². The van der Waals surface area contributed by atoms with Gasteiger partial charge in [0.05, 0.1) is 12.9 Å². The van der Waals surface area contributed by atoms with Crippen molar-refractivity contribution in [2.75, 3.05) is 12.3 Å². The summed E-state index contributed by atoms with van der Waals surface area (Å²) < 4.78 is 68.3. The van der Waals surface area contributed by atoms with Gasteiger partial charge in [0.25, 0.3) is 5.56 Å². The number of hydrogen-bond acceptors (Lipinski definition) is 13. The summed E-state index contributed by atoms with van der Waals surface area (Å²) in [6.45, 7) is -1.06. The molecule has 1 fully saturated rings. The number of anilines is 1. The highest BCUT2D eigenvalue weighted by Gasteiger charge is 2.45. The molecule has 0 spiro atoms. The van der Waals surface area contributed by atoms with E-state index in [1.165, 1.54) is 0 Å². The van der Waals surface area contributed by atoms with Gasteiger partial charge in [0.1, 0.15) is 18.4 Å². The molecule has 1 aliphatic heterocycles. The average Bonchev–Trinajstić information content (AvgIpc) is 3.19. The van der Waals surface area contributed by atoms with Crippen molar-refractivity contribution in [2.24, 2.45) is 0 Å². The van der Waals surface area contributed by atoms with Crippen molar-refractivity contribution in [2.45, 2.75) is 24.9 Å². The van der Waals surface area contributed by atoms with Crippen molar-refractivity contribution < 1.29 is 70.0 Å². The summed E-state index contributed by atoms with van der Waals surface area (Å²) in [6.07, 6.45) is -3.51. The molecule has 0 saturated carbocycles. The molecule has 0 aromatic carbocycles. The van der Waals surface area contributed by atoms with Crippen molar-refractivity contribution in [1.82, 2.24) is 19.5 Å². The molecule has 0 bridgehead atoms. The molecular weight excluding hydrogens is 570 g/mol. The Balaban J connectivity index is 1.79. The van der Waals surface area contributed by atoms with Crippen LogP contribution in [-0.2, 0) is 40.7 Å². The van der Waals surface area contributed by atoms with Gasteiger partial charge in [-0.2, -0.15) is 13.6 Å². The molecule has 2 unspecified atom stereocenters. The van der Waals surface area contributed by atoms with Crippen LogP contribution in [0.25, 0.3) is 11.2 Å². The van der Waals surface area contributed by atoms with E-state index in [0.717, 1.165) is 10.9 Å². The lowest BCUT2D eigenvalue weighted by Gasteiger charge is -2.21. The molecule has 35 heavy (non-hydrogen) atoms. The highest BCUT2D eigenvalue weighted by molar-refractivity contribution is 7.66. The monoisotopic (exact) mass is 587 g/mol. The van der Waals surface area contributed by atoms with Crippen molar-refractivity contribution in [3.8, 4) is 0 Å². The van der Waals surface area contributed by atoms with Crippen molar-refractivity contribution in [1.29, 1.82) is 0 Å². The number of nitrogens with two attached hydrogens (primary N) is 1. The Bertz CT molecular complexity index is 1350. The van der Waals surface area contributed by atoms with E-state index in [2.05, 4.69) is 32.6 Å². The summed E-state index contributed by atoms with van der Waals surface area (Å²) in [7, 11) is -22.1. The molecule has 25 heteroatoms. The zero-order chi connectivity index (χ0) is 26.4. The minimum Gasteiger partial charge on any atom is -0.369 e. The second-order valence-electron chi connectivity index (χ2n) is 6.66. The quantitative estimate of drug-likeness (QED) is 0.151. The second kappa shape index (κ2) is 9.83. The SMILES string of the molecule is Nc1nc2c(ncn2[C@H]2C[C@H](OP(=O)(O)O)[C@@H](COP(=O)(O)OP(=O)(O)OP(=O)(O)O)O2)c(=O)[nH]1. The Morgan fingerprint density at radius 3 is 2.34 bits per heavy atom. The second-order valence-corrected chi connectivity index (χ2v) is 12.3. The Labute approximate surface area is 192 Å². The third-order valence-electron chi connectivity index (χ3n) is 4.03. The predicted molar refractivity (Wildman–Crippen MR) is 108 cm³/mol. The summed E-state index contributed by atoms with van der Waals surface area (Å²) in [6, 6.07) is 0. The number of imidazole rings is 1. The number of nitrogens with one attached hydrogen (secondary N) is 1. The third kappa shape index (κ3) is 7.80. The smallest absolute Gasteiger partial charge is 0.369 e. The first kappa shape index (κ1) is 28.2. The van der Waals surface area contributed by atoms with Gasteiger partial charge < -0.3 is 39.8 Å². The van der Waals surface area contributed by atoms with Gasteiger partial charge in [0.2, 0.25) is 5.95 Å². The highest BCUT2D eigenvalue weighted by Crippen LogP contribution is 2.66. The summed E-state index contributed by atoms with van der Waals surface area (Å²) in [4.78, 5) is 76.1. The van der Waals surface area contributed by atoms with Crippen LogP contribution in [0.15, 0.2) is 11.1 Å². The van der Waals surface area contributed by atoms with Crippen LogP contribution in [0.5, 0.6) is 0 Å². The minimum atomic E-state index is -5.80. The molecule has 3 rings (SSSR count). The van der Waals surface area contributed by atoms with Crippen LogP contribution in [0.2, 0.25) is 0 Å². The number of phosphoric acid groups is 4. The fourth-order valence-corrected chi connectivity index (χ4v) is 6.54. The van der Waals surface area contributed by atoms with E-state index in [9.17, 15) is 32.8 Å². The molecular formula is C10H17N5O16P4. The van der Waals surface area contributed by atoms with Gasteiger partial charge in [-0.25, -0.2) is 23.2 Å². The van der Waals surface area contributed by atoms with Crippen molar-refractivity contribution in [3.05, 3.63) is 16.7 Å². The molecule has 0 radical (unpaired) electrons. The fraction of sp³-hybridized carbons (Fsp3) is 0.500. The number of rotatable bonds is 10. The van der Waals surface area contributed by atoms with Gasteiger partial charge in [-0.1, -0.05) is 0 Å². The van der Waals surface area contributed by atoms with Gasteiger partial charge in [-0.3, -0.25) is 23.4 Å². The number of H-pyrrole nitrogens is 1. The summed E-state index contributed by atoms with van der Waals surface area (Å²) in [5.74, 6) is -0.283. The van der Waals surface area contributed by atoms with E-state index in [-0.39, 0.29) is 23.5 Å². The van der Waals surface area contributed by atoms with Crippen LogP contribution < -0.4 is 11.3 Å². The lowest BCUT2D eigenvalue weighted by Crippen LogP contribution is -2.28. The topological polar surface area (TPSA) is 325 Å². The summed E-state index contributed by atoms with van der Waals surface area (Å²) >= 11 is 0. The van der Waals surface area contributed by atoms with Crippen LogP contribution in [0, 0.1) is 0 Å². The lowest BCUT2D eigenvalue weighted by molar-refractivity contribution is -0.0416. The number of aromatic nitrogens is 4. The standard InChI is InChI=1S/C10H17N5O16P4/c11-10-13-8-7(9(16)14-10)12-3-15(8)6-1-4(29-32(17,18)19)5(28-6)2-27-34(23,24)31-35(25,26)30-33(20,21)22/h3-6H,1-2H2,(H,23,24)(H,25,26)(H2,17,18,19)(H2,20,21,22)(H3,11,13,14,16)/t4-,5+,6+/m0/s1. The third-order valence-corrected chi connectivity index (χ3v) is 8.38. The van der Waals surface area contributed by atoms with Crippen LogP contribution in [0.1, 0.15) is 12.6 Å². The summed E-state index contributed by atoms with van der Waals surface area (Å²) in [5.41, 5.74) is 4.56. The number of nitrogens with zero attached hydrogens (tertiary/aromatic N) is 3. The number of ether oxygens (including phenoxy) is 1. The van der Waals surface area contributed by atoms with Gasteiger partial charge in [-0.15, -0.1) is 0 Å². The first-order chi connectivity index (χ1) is 15.8. The maximum absolute atomic E-state index is 11.9. The molecule has 5 atom stereocenters. The Morgan fingerprint density at radius 2 is 1.74 bits per heavy atom. The van der Waals surface area contributed by atoms with Crippen LogP contribution in [0.4, 0.5) is 5.95 Å². The van der Waals surface area contributed by atoms with Crippen molar-refractivity contribution in [3.63, 3.8) is 0 Å².